The molecule has 11 heteroatoms. The van der Waals surface area contributed by atoms with Crippen LogP contribution in [0.2, 0.25) is 0 Å². The van der Waals surface area contributed by atoms with Gasteiger partial charge in [-0.25, -0.2) is 4.68 Å². The van der Waals surface area contributed by atoms with Gasteiger partial charge in [-0.05, 0) is 40.2 Å². The second-order valence-corrected chi connectivity index (χ2v) is 8.29. The van der Waals surface area contributed by atoms with E-state index in [-0.39, 0.29) is 43.8 Å². The average molecular weight is 524 g/mol. The van der Waals surface area contributed by atoms with Gasteiger partial charge in [0.1, 0.15) is 11.4 Å². The van der Waals surface area contributed by atoms with E-state index < -0.39 is 0 Å². The fourth-order valence-corrected chi connectivity index (χ4v) is 3.70. The van der Waals surface area contributed by atoms with E-state index in [1.165, 1.54) is 0 Å². The van der Waals surface area contributed by atoms with Crippen LogP contribution in [-0.2, 0) is 16.1 Å². The fraction of sp³-hybridized carbons (Fsp3) is 0.174. The number of amides is 3. The number of aromatic amines is 1. The summed E-state index contributed by atoms with van der Waals surface area (Å²) in [6.45, 7) is 0.159. The Balaban J connectivity index is 1.15. The van der Waals surface area contributed by atoms with Gasteiger partial charge in [0.15, 0.2) is 0 Å². The normalized spacial score (nSPS) is 10.7. The van der Waals surface area contributed by atoms with Crippen LogP contribution in [0.15, 0.2) is 65.3 Å². The van der Waals surface area contributed by atoms with Crippen LogP contribution >= 0.6 is 15.9 Å². The van der Waals surface area contributed by atoms with Gasteiger partial charge in [0.05, 0.1) is 25.0 Å². The summed E-state index contributed by atoms with van der Waals surface area (Å²) in [5.74, 6) is -0.991. The third kappa shape index (κ3) is 5.87. The van der Waals surface area contributed by atoms with Gasteiger partial charge >= 0.3 is 0 Å². The van der Waals surface area contributed by atoms with E-state index in [0.717, 1.165) is 21.1 Å². The van der Waals surface area contributed by atoms with Crippen LogP contribution in [0, 0.1) is 0 Å². The van der Waals surface area contributed by atoms with Crippen molar-refractivity contribution in [3.05, 3.63) is 76.7 Å². The summed E-state index contributed by atoms with van der Waals surface area (Å²) in [6, 6.07) is 16.9. The molecule has 0 aliphatic heterocycles. The van der Waals surface area contributed by atoms with E-state index in [2.05, 4.69) is 47.2 Å². The number of aromatic nitrogens is 4. The molecule has 0 atom stereocenters. The van der Waals surface area contributed by atoms with Crippen molar-refractivity contribution in [2.24, 2.45) is 0 Å². The SMILES string of the molecule is O=C(CCNC(=O)c1cc2ccccc2[nH]1)NCC(=O)NCc1cn(-c2ccccc2Br)nn1. The summed E-state index contributed by atoms with van der Waals surface area (Å²) in [7, 11) is 0. The Kier molecular flexibility index (Phi) is 7.33. The van der Waals surface area contributed by atoms with Crippen molar-refractivity contribution in [3.63, 3.8) is 0 Å². The number of rotatable bonds is 9. The van der Waals surface area contributed by atoms with Crippen molar-refractivity contribution in [3.8, 4) is 5.69 Å². The minimum Gasteiger partial charge on any atom is -0.351 e. The molecular weight excluding hydrogens is 502 g/mol. The lowest BCUT2D eigenvalue weighted by Crippen LogP contribution is -2.38. The number of H-pyrrole nitrogens is 1. The van der Waals surface area contributed by atoms with Crippen LogP contribution in [0.3, 0.4) is 0 Å². The highest BCUT2D eigenvalue weighted by atomic mass is 79.9. The predicted octanol–water partition coefficient (Wildman–Crippen LogP) is 2.06. The van der Waals surface area contributed by atoms with E-state index in [9.17, 15) is 14.4 Å². The first kappa shape index (κ1) is 23.2. The fourth-order valence-electron chi connectivity index (χ4n) is 3.23. The Morgan fingerprint density at radius 1 is 0.971 bits per heavy atom. The lowest BCUT2D eigenvalue weighted by atomic mass is 10.2. The molecule has 0 saturated heterocycles. The number of fused-ring (bicyclic) bond motifs is 1. The number of hydrogen-bond acceptors (Lipinski definition) is 5. The van der Waals surface area contributed by atoms with Crippen LogP contribution in [0.5, 0.6) is 0 Å². The monoisotopic (exact) mass is 523 g/mol. The van der Waals surface area contributed by atoms with E-state index >= 15 is 0 Å². The van der Waals surface area contributed by atoms with Gasteiger partial charge < -0.3 is 20.9 Å². The highest BCUT2D eigenvalue weighted by molar-refractivity contribution is 9.10. The Morgan fingerprint density at radius 3 is 2.59 bits per heavy atom. The first-order valence-corrected chi connectivity index (χ1v) is 11.3. The third-order valence-corrected chi connectivity index (χ3v) is 5.64. The molecule has 4 aromatic rings. The molecule has 2 aromatic heterocycles. The lowest BCUT2D eigenvalue weighted by molar-refractivity contribution is -0.126. The Labute approximate surface area is 203 Å². The maximum atomic E-state index is 12.2. The standard InChI is InChI=1S/C23H22BrN7O3/c24-17-6-2-4-8-20(17)31-14-16(29-30-31)12-26-22(33)13-27-21(32)9-10-25-23(34)19-11-15-5-1-3-7-18(15)28-19/h1-8,11,14,28H,9-10,12-13H2,(H,25,34)(H,26,33)(H,27,32). The number of nitrogens with one attached hydrogen (secondary N) is 4. The second kappa shape index (κ2) is 10.8. The van der Waals surface area contributed by atoms with E-state index in [0.29, 0.717) is 11.4 Å². The quantitative estimate of drug-likeness (QED) is 0.266. The Bertz CT molecular complexity index is 1300. The molecular formula is C23H22BrN7O3. The van der Waals surface area contributed by atoms with Gasteiger partial charge in [0, 0.05) is 28.3 Å². The average Bonchev–Trinajstić information content (AvgIpc) is 3.49. The van der Waals surface area contributed by atoms with Crippen molar-refractivity contribution < 1.29 is 14.4 Å². The van der Waals surface area contributed by atoms with Gasteiger partial charge in [-0.3, -0.25) is 14.4 Å². The van der Waals surface area contributed by atoms with Gasteiger partial charge in [-0.15, -0.1) is 5.10 Å². The second-order valence-electron chi connectivity index (χ2n) is 7.44. The summed E-state index contributed by atoms with van der Waals surface area (Å²) in [6.07, 6.45) is 1.77. The van der Waals surface area contributed by atoms with Crippen molar-refractivity contribution in [2.75, 3.05) is 13.1 Å². The minimum absolute atomic E-state index is 0.0551. The maximum absolute atomic E-state index is 12.2. The maximum Gasteiger partial charge on any atom is 0.267 e. The molecule has 2 aromatic carbocycles. The lowest BCUT2D eigenvalue weighted by Gasteiger charge is -2.07. The van der Waals surface area contributed by atoms with Crippen molar-refractivity contribution >= 4 is 44.6 Å². The van der Waals surface area contributed by atoms with Gasteiger partial charge in [0.25, 0.3) is 5.91 Å². The van der Waals surface area contributed by atoms with Crippen molar-refractivity contribution in [1.82, 2.24) is 35.9 Å². The summed E-state index contributed by atoms with van der Waals surface area (Å²) in [4.78, 5) is 39.3. The summed E-state index contributed by atoms with van der Waals surface area (Å²) in [5, 5.41) is 17.0. The van der Waals surface area contributed by atoms with E-state index in [1.807, 2.05) is 48.5 Å². The molecule has 0 aliphatic rings. The minimum atomic E-state index is -0.356. The summed E-state index contributed by atoms with van der Waals surface area (Å²) >= 11 is 3.46. The van der Waals surface area contributed by atoms with E-state index in [4.69, 9.17) is 0 Å². The first-order valence-electron chi connectivity index (χ1n) is 10.5. The molecule has 0 spiro atoms. The van der Waals surface area contributed by atoms with Gasteiger partial charge in [-0.2, -0.15) is 0 Å². The molecule has 174 valence electrons. The number of nitrogens with zero attached hydrogens (tertiary/aromatic N) is 3. The van der Waals surface area contributed by atoms with Crippen LogP contribution in [0.25, 0.3) is 16.6 Å². The molecule has 4 rings (SSSR count). The summed E-state index contributed by atoms with van der Waals surface area (Å²) < 4.78 is 2.48. The third-order valence-electron chi connectivity index (χ3n) is 4.97. The van der Waals surface area contributed by atoms with Crippen LogP contribution in [0.4, 0.5) is 0 Å². The van der Waals surface area contributed by atoms with Crippen LogP contribution in [-0.4, -0.2) is 50.8 Å². The predicted molar refractivity (Wildman–Crippen MR) is 129 cm³/mol. The van der Waals surface area contributed by atoms with Crippen molar-refractivity contribution in [1.29, 1.82) is 0 Å². The molecule has 0 radical (unpaired) electrons. The molecule has 2 heterocycles. The number of benzene rings is 2. The van der Waals surface area contributed by atoms with E-state index in [1.54, 1.807) is 16.9 Å². The summed E-state index contributed by atoms with van der Waals surface area (Å²) in [5.41, 5.74) is 2.70. The molecule has 0 aliphatic carbocycles. The largest absolute Gasteiger partial charge is 0.351 e. The highest BCUT2D eigenvalue weighted by Gasteiger charge is 2.11. The number of para-hydroxylation sites is 2. The Hall–Kier alpha value is -3.99. The number of halogens is 1. The number of hydrogen-bond donors (Lipinski definition) is 4. The molecule has 10 nitrogen and oxygen atoms in total. The van der Waals surface area contributed by atoms with Crippen LogP contribution < -0.4 is 16.0 Å². The van der Waals surface area contributed by atoms with Crippen LogP contribution in [0.1, 0.15) is 22.6 Å². The molecule has 3 amide bonds. The van der Waals surface area contributed by atoms with Crippen molar-refractivity contribution in [2.45, 2.75) is 13.0 Å². The molecule has 4 N–H and O–H groups in total. The zero-order chi connectivity index (χ0) is 23.9. The molecule has 0 fully saturated rings. The zero-order valence-electron chi connectivity index (χ0n) is 18.0. The number of carbonyl (C=O) groups is 3. The topological polar surface area (TPSA) is 134 Å². The molecule has 0 saturated carbocycles. The molecule has 0 unspecified atom stereocenters. The zero-order valence-corrected chi connectivity index (χ0v) is 19.6. The smallest absolute Gasteiger partial charge is 0.267 e. The van der Waals surface area contributed by atoms with Gasteiger partial charge in [0.2, 0.25) is 11.8 Å². The highest BCUT2D eigenvalue weighted by Crippen LogP contribution is 2.19. The Morgan fingerprint density at radius 2 is 1.76 bits per heavy atom. The van der Waals surface area contributed by atoms with Gasteiger partial charge in [-0.1, -0.05) is 35.5 Å². The molecule has 0 bridgehead atoms. The first-order chi connectivity index (χ1) is 16.5. The molecule has 34 heavy (non-hydrogen) atoms. The number of carbonyl (C=O) groups excluding carboxylic acids is 3.